The molecule has 0 amide bonds. The van der Waals surface area contributed by atoms with Crippen molar-refractivity contribution in [3.63, 3.8) is 0 Å². The molecule has 2 N–H and O–H groups in total. The van der Waals surface area contributed by atoms with Gasteiger partial charge >= 0.3 is 0 Å². The summed E-state index contributed by atoms with van der Waals surface area (Å²) in [6.07, 6.45) is 4.46. The van der Waals surface area contributed by atoms with Gasteiger partial charge in [0.2, 0.25) is 0 Å². The van der Waals surface area contributed by atoms with Crippen LogP contribution in [0, 0.1) is 15.5 Å². The summed E-state index contributed by atoms with van der Waals surface area (Å²) in [5.41, 5.74) is 7.28. The van der Waals surface area contributed by atoms with E-state index in [1.54, 1.807) is 12.1 Å². The van der Waals surface area contributed by atoms with Crippen molar-refractivity contribution < 1.29 is 4.92 Å². The Morgan fingerprint density at radius 2 is 2.18 bits per heavy atom. The Morgan fingerprint density at radius 1 is 1.47 bits per heavy atom. The van der Waals surface area contributed by atoms with Crippen molar-refractivity contribution in [2.45, 2.75) is 25.7 Å². The molecular formula is C12H15BrN2O2. The molecule has 0 spiro atoms. The molecule has 0 heterocycles. The molecule has 1 aromatic carbocycles. The predicted octanol–water partition coefficient (Wildman–Crippen LogP) is 3.03. The van der Waals surface area contributed by atoms with E-state index in [1.165, 1.54) is 6.42 Å². The van der Waals surface area contributed by atoms with Gasteiger partial charge in [-0.05, 0) is 36.8 Å². The molecule has 17 heavy (non-hydrogen) atoms. The SMILES string of the molecule is NCC1(Cc2ccc([N+](=O)[O-])cc2Br)CCC1. The van der Waals surface area contributed by atoms with Crippen molar-refractivity contribution in [3.05, 3.63) is 38.3 Å². The van der Waals surface area contributed by atoms with E-state index in [4.69, 9.17) is 5.73 Å². The summed E-state index contributed by atoms with van der Waals surface area (Å²) in [5.74, 6) is 0. The minimum atomic E-state index is -0.378. The molecule has 0 atom stereocenters. The zero-order chi connectivity index (χ0) is 12.5. The lowest BCUT2D eigenvalue weighted by atomic mass is 9.65. The second kappa shape index (κ2) is 4.74. The van der Waals surface area contributed by atoms with E-state index in [2.05, 4.69) is 15.9 Å². The predicted molar refractivity (Wildman–Crippen MR) is 69.8 cm³/mol. The maximum atomic E-state index is 10.6. The zero-order valence-corrected chi connectivity index (χ0v) is 11.1. The number of nitrogens with zero attached hydrogens (tertiary/aromatic N) is 1. The summed E-state index contributed by atoms with van der Waals surface area (Å²) in [6.45, 7) is 0.691. The van der Waals surface area contributed by atoms with Crippen molar-refractivity contribution >= 4 is 21.6 Å². The summed E-state index contributed by atoms with van der Waals surface area (Å²) in [6, 6.07) is 4.96. The molecular weight excluding hydrogens is 284 g/mol. The summed E-state index contributed by atoms with van der Waals surface area (Å²) in [4.78, 5) is 10.3. The normalized spacial score (nSPS) is 17.5. The van der Waals surface area contributed by atoms with E-state index in [-0.39, 0.29) is 16.0 Å². The molecule has 1 fully saturated rings. The van der Waals surface area contributed by atoms with Crippen molar-refractivity contribution in [3.8, 4) is 0 Å². The van der Waals surface area contributed by atoms with Gasteiger partial charge in [0.1, 0.15) is 0 Å². The molecule has 0 radical (unpaired) electrons. The summed E-state index contributed by atoms with van der Waals surface area (Å²) in [7, 11) is 0. The monoisotopic (exact) mass is 298 g/mol. The van der Waals surface area contributed by atoms with Crippen LogP contribution in [0.5, 0.6) is 0 Å². The highest BCUT2D eigenvalue weighted by molar-refractivity contribution is 9.10. The van der Waals surface area contributed by atoms with E-state index in [1.807, 2.05) is 6.07 Å². The Kier molecular flexibility index (Phi) is 3.49. The molecule has 0 aliphatic heterocycles. The third-order valence-electron chi connectivity index (χ3n) is 3.66. The van der Waals surface area contributed by atoms with Crippen molar-refractivity contribution in [1.82, 2.24) is 0 Å². The highest BCUT2D eigenvalue weighted by Gasteiger charge is 2.36. The van der Waals surface area contributed by atoms with Gasteiger partial charge in [-0.2, -0.15) is 0 Å². The van der Waals surface area contributed by atoms with Crippen LogP contribution in [0.1, 0.15) is 24.8 Å². The number of benzene rings is 1. The van der Waals surface area contributed by atoms with Gasteiger partial charge < -0.3 is 5.73 Å². The van der Waals surface area contributed by atoms with Crippen molar-refractivity contribution in [1.29, 1.82) is 0 Å². The Morgan fingerprint density at radius 3 is 2.59 bits per heavy atom. The van der Waals surface area contributed by atoms with Crippen LogP contribution in [0.4, 0.5) is 5.69 Å². The number of nitro groups is 1. The summed E-state index contributed by atoms with van der Waals surface area (Å²) in [5, 5.41) is 10.6. The molecule has 0 unspecified atom stereocenters. The number of hydrogen-bond acceptors (Lipinski definition) is 3. The van der Waals surface area contributed by atoms with Crippen LogP contribution >= 0.6 is 15.9 Å². The van der Waals surface area contributed by atoms with E-state index >= 15 is 0 Å². The lowest BCUT2D eigenvalue weighted by Gasteiger charge is -2.41. The Balaban J connectivity index is 2.19. The molecule has 0 bridgehead atoms. The van der Waals surface area contributed by atoms with Gasteiger partial charge in [0.05, 0.1) is 4.92 Å². The van der Waals surface area contributed by atoms with Gasteiger partial charge in [-0.15, -0.1) is 0 Å². The van der Waals surface area contributed by atoms with Crippen LogP contribution in [0.25, 0.3) is 0 Å². The minimum absolute atomic E-state index is 0.121. The largest absolute Gasteiger partial charge is 0.330 e. The molecule has 4 nitrogen and oxygen atoms in total. The molecule has 1 aromatic rings. The first kappa shape index (κ1) is 12.5. The van der Waals surface area contributed by atoms with Crippen LogP contribution in [0.2, 0.25) is 0 Å². The molecule has 0 aromatic heterocycles. The van der Waals surface area contributed by atoms with Gasteiger partial charge in [-0.1, -0.05) is 28.4 Å². The first-order valence-electron chi connectivity index (χ1n) is 5.69. The highest BCUT2D eigenvalue weighted by atomic mass is 79.9. The van der Waals surface area contributed by atoms with Gasteiger partial charge in [-0.3, -0.25) is 10.1 Å². The molecule has 1 aliphatic carbocycles. The molecule has 1 saturated carbocycles. The van der Waals surface area contributed by atoms with Gasteiger partial charge in [0.25, 0.3) is 5.69 Å². The Labute approximate surface area is 108 Å². The maximum Gasteiger partial charge on any atom is 0.270 e. The highest BCUT2D eigenvalue weighted by Crippen LogP contribution is 2.43. The number of hydrogen-bond donors (Lipinski definition) is 1. The zero-order valence-electron chi connectivity index (χ0n) is 9.49. The van der Waals surface area contributed by atoms with Gasteiger partial charge in [0, 0.05) is 16.6 Å². The van der Waals surface area contributed by atoms with E-state index in [0.717, 1.165) is 29.3 Å². The van der Waals surface area contributed by atoms with E-state index < -0.39 is 0 Å². The van der Waals surface area contributed by atoms with Gasteiger partial charge in [-0.25, -0.2) is 0 Å². The number of rotatable bonds is 4. The fourth-order valence-electron chi connectivity index (χ4n) is 2.33. The van der Waals surface area contributed by atoms with Crippen LogP contribution in [-0.2, 0) is 6.42 Å². The molecule has 0 saturated heterocycles. The van der Waals surface area contributed by atoms with Crippen LogP contribution in [0.15, 0.2) is 22.7 Å². The summed E-state index contributed by atoms with van der Waals surface area (Å²) >= 11 is 3.41. The van der Waals surface area contributed by atoms with Crippen LogP contribution in [-0.4, -0.2) is 11.5 Å². The van der Waals surface area contributed by atoms with Crippen molar-refractivity contribution in [2.75, 3.05) is 6.54 Å². The summed E-state index contributed by atoms with van der Waals surface area (Å²) < 4.78 is 0.812. The van der Waals surface area contributed by atoms with Crippen LogP contribution in [0.3, 0.4) is 0 Å². The average Bonchev–Trinajstić information content (AvgIpc) is 2.25. The Bertz CT molecular complexity index is 439. The molecule has 2 rings (SSSR count). The van der Waals surface area contributed by atoms with Gasteiger partial charge in [0.15, 0.2) is 0 Å². The quantitative estimate of drug-likeness (QED) is 0.686. The standard InChI is InChI=1S/C12H15BrN2O2/c13-11-6-10(15(16)17)3-2-9(11)7-12(8-14)4-1-5-12/h2-3,6H,1,4-5,7-8,14H2. The van der Waals surface area contributed by atoms with Crippen molar-refractivity contribution in [2.24, 2.45) is 11.1 Å². The average molecular weight is 299 g/mol. The molecule has 92 valence electrons. The fraction of sp³-hybridized carbons (Fsp3) is 0.500. The first-order chi connectivity index (χ1) is 8.06. The van der Waals surface area contributed by atoms with E-state index in [9.17, 15) is 10.1 Å². The smallest absolute Gasteiger partial charge is 0.270 e. The Hall–Kier alpha value is -0.940. The first-order valence-corrected chi connectivity index (χ1v) is 6.48. The van der Waals surface area contributed by atoms with Crippen LogP contribution < -0.4 is 5.73 Å². The number of nitro benzene ring substituents is 1. The number of non-ortho nitro benzene ring substituents is 1. The second-order valence-electron chi connectivity index (χ2n) is 4.77. The lowest BCUT2D eigenvalue weighted by molar-refractivity contribution is -0.384. The minimum Gasteiger partial charge on any atom is -0.330 e. The lowest BCUT2D eigenvalue weighted by Crippen LogP contribution is -2.39. The number of halogens is 1. The third kappa shape index (κ3) is 2.50. The number of nitrogens with two attached hydrogens (primary N) is 1. The fourth-order valence-corrected chi connectivity index (χ4v) is 2.83. The second-order valence-corrected chi connectivity index (χ2v) is 5.62. The molecule has 5 heteroatoms. The third-order valence-corrected chi connectivity index (χ3v) is 4.40. The molecule has 1 aliphatic rings. The van der Waals surface area contributed by atoms with E-state index in [0.29, 0.717) is 6.54 Å². The topological polar surface area (TPSA) is 69.2 Å². The maximum absolute atomic E-state index is 10.6.